The lowest BCUT2D eigenvalue weighted by Gasteiger charge is -2.11. The van der Waals surface area contributed by atoms with Crippen molar-refractivity contribution in [1.29, 1.82) is 0 Å². The van der Waals surface area contributed by atoms with Crippen LogP contribution in [0.15, 0.2) is 54.9 Å². The molecule has 0 aliphatic carbocycles. The summed E-state index contributed by atoms with van der Waals surface area (Å²) in [5.74, 6) is -0.218. The molecule has 0 saturated heterocycles. The highest BCUT2D eigenvalue weighted by molar-refractivity contribution is 6.01. The van der Waals surface area contributed by atoms with Gasteiger partial charge in [-0.05, 0) is 50.2 Å². The van der Waals surface area contributed by atoms with Gasteiger partial charge in [0.1, 0.15) is 11.4 Å². The zero-order valence-electron chi connectivity index (χ0n) is 14.0. The maximum absolute atomic E-state index is 12.4. The zero-order chi connectivity index (χ0) is 17.8. The predicted octanol–water partition coefficient (Wildman–Crippen LogP) is 3.16. The summed E-state index contributed by atoms with van der Waals surface area (Å²) in [7, 11) is 0. The topological polar surface area (TPSA) is 69.9 Å². The van der Waals surface area contributed by atoms with Gasteiger partial charge in [0.25, 0.3) is 0 Å². The third-order valence-corrected chi connectivity index (χ3v) is 3.68. The third-order valence-electron chi connectivity index (χ3n) is 3.68. The first-order chi connectivity index (χ1) is 12.1. The Labute approximate surface area is 145 Å². The van der Waals surface area contributed by atoms with Crippen LogP contribution in [-0.2, 0) is 4.74 Å². The molecule has 0 aliphatic rings. The van der Waals surface area contributed by atoms with Gasteiger partial charge in [0.05, 0.1) is 6.61 Å². The molecule has 0 saturated carbocycles. The van der Waals surface area contributed by atoms with E-state index in [1.807, 2.05) is 19.1 Å². The van der Waals surface area contributed by atoms with E-state index in [0.717, 1.165) is 0 Å². The fourth-order valence-corrected chi connectivity index (χ4v) is 2.42. The van der Waals surface area contributed by atoms with Crippen molar-refractivity contribution in [3.05, 3.63) is 66.1 Å². The largest absolute Gasteiger partial charge is 0.494 e. The maximum atomic E-state index is 12.4. The first kappa shape index (κ1) is 16.7. The number of ketones is 1. The second-order valence-electron chi connectivity index (χ2n) is 5.46. The highest BCUT2D eigenvalue weighted by Gasteiger charge is 2.22. The summed E-state index contributed by atoms with van der Waals surface area (Å²) in [6, 6.07) is 12.2. The molecule has 1 atom stereocenters. The van der Waals surface area contributed by atoms with Crippen molar-refractivity contribution in [2.75, 3.05) is 6.61 Å². The number of pyridine rings is 1. The van der Waals surface area contributed by atoms with Gasteiger partial charge in [0.15, 0.2) is 11.8 Å². The molecule has 0 bridgehead atoms. The van der Waals surface area contributed by atoms with Crippen molar-refractivity contribution in [3.63, 3.8) is 0 Å². The minimum Gasteiger partial charge on any atom is -0.494 e. The van der Waals surface area contributed by atoms with Gasteiger partial charge in [-0.3, -0.25) is 4.79 Å². The molecule has 2 heterocycles. The number of imidazole rings is 1. The van der Waals surface area contributed by atoms with Crippen molar-refractivity contribution in [1.82, 2.24) is 9.38 Å². The SMILES string of the molecule is CCOc1ccc(C(=O)[C@@H](C)OC(=O)c2cn3ccccc3n2)cc1. The van der Waals surface area contributed by atoms with E-state index in [0.29, 0.717) is 23.6 Å². The second kappa shape index (κ2) is 7.17. The molecule has 1 aromatic carbocycles. The van der Waals surface area contributed by atoms with Crippen LogP contribution in [-0.4, -0.2) is 33.8 Å². The molecular formula is C19H18N2O4. The van der Waals surface area contributed by atoms with Crippen LogP contribution >= 0.6 is 0 Å². The highest BCUT2D eigenvalue weighted by atomic mass is 16.5. The average Bonchev–Trinajstić information content (AvgIpc) is 3.06. The fraction of sp³-hybridized carbons (Fsp3) is 0.211. The van der Waals surface area contributed by atoms with E-state index in [4.69, 9.17) is 9.47 Å². The Kier molecular flexibility index (Phi) is 4.79. The number of benzene rings is 1. The average molecular weight is 338 g/mol. The Morgan fingerprint density at radius 3 is 2.60 bits per heavy atom. The molecule has 0 fully saturated rings. The minimum atomic E-state index is -0.907. The minimum absolute atomic E-state index is 0.164. The molecule has 128 valence electrons. The molecule has 3 rings (SSSR count). The van der Waals surface area contributed by atoms with Gasteiger partial charge in [-0.25, -0.2) is 9.78 Å². The number of hydrogen-bond donors (Lipinski definition) is 0. The highest BCUT2D eigenvalue weighted by Crippen LogP contribution is 2.15. The summed E-state index contributed by atoms with van der Waals surface area (Å²) in [5, 5.41) is 0. The number of hydrogen-bond acceptors (Lipinski definition) is 5. The van der Waals surface area contributed by atoms with Crippen LogP contribution in [0.5, 0.6) is 5.75 Å². The molecule has 0 aliphatic heterocycles. The molecule has 0 spiro atoms. The number of esters is 1. The number of Topliss-reactive ketones (excluding diaryl/α,β-unsaturated/α-hetero) is 1. The number of carbonyl (C=O) groups excluding carboxylic acids is 2. The smallest absolute Gasteiger partial charge is 0.359 e. The number of nitrogens with zero attached hydrogens (tertiary/aromatic N) is 2. The number of fused-ring (bicyclic) bond motifs is 1. The monoisotopic (exact) mass is 338 g/mol. The Morgan fingerprint density at radius 1 is 1.16 bits per heavy atom. The van der Waals surface area contributed by atoms with Crippen LogP contribution in [0, 0.1) is 0 Å². The van der Waals surface area contributed by atoms with Crippen LogP contribution in [0.25, 0.3) is 5.65 Å². The van der Waals surface area contributed by atoms with Crippen LogP contribution in [0.2, 0.25) is 0 Å². The molecule has 3 aromatic rings. The predicted molar refractivity (Wildman–Crippen MR) is 92.0 cm³/mol. The van der Waals surface area contributed by atoms with Crippen LogP contribution in [0.4, 0.5) is 0 Å². The zero-order valence-corrected chi connectivity index (χ0v) is 14.0. The third kappa shape index (κ3) is 3.68. The summed E-state index contributed by atoms with van der Waals surface area (Å²) < 4.78 is 12.3. The van der Waals surface area contributed by atoms with Crippen LogP contribution < -0.4 is 4.74 Å². The van der Waals surface area contributed by atoms with Crippen molar-refractivity contribution >= 4 is 17.4 Å². The van der Waals surface area contributed by atoms with Gasteiger partial charge >= 0.3 is 5.97 Å². The van der Waals surface area contributed by atoms with Gasteiger partial charge in [-0.2, -0.15) is 0 Å². The van der Waals surface area contributed by atoms with Gasteiger partial charge in [-0.1, -0.05) is 6.07 Å². The second-order valence-corrected chi connectivity index (χ2v) is 5.46. The maximum Gasteiger partial charge on any atom is 0.359 e. The first-order valence-corrected chi connectivity index (χ1v) is 8.00. The van der Waals surface area contributed by atoms with E-state index in [1.54, 1.807) is 54.0 Å². The van der Waals surface area contributed by atoms with E-state index in [9.17, 15) is 9.59 Å². The molecule has 6 nitrogen and oxygen atoms in total. The van der Waals surface area contributed by atoms with Crippen LogP contribution in [0.3, 0.4) is 0 Å². The molecule has 6 heteroatoms. The standard InChI is InChI=1S/C19H18N2O4/c1-3-24-15-9-7-14(8-10-15)18(22)13(2)25-19(23)16-12-21-11-5-4-6-17(21)20-16/h4-13H,3H2,1-2H3/t13-/m1/s1. The van der Waals surface area contributed by atoms with Crippen molar-refractivity contribution in [3.8, 4) is 5.75 Å². The summed E-state index contributed by atoms with van der Waals surface area (Å²) in [6.07, 6.45) is 2.45. The van der Waals surface area contributed by atoms with Crippen molar-refractivity contribution < 1.29 is 19.1 Å². The van der Waals surface area contributed by atoms with Crippen molar-refractivity contribution in [2.45, 2.75) is 20.0 Å². The molecule has 2 aromatic heterocycles. The summed E-state index contributed by atoms with van der Waals surface area (Å²) >= 11 is 0. The molecule has 0 amide bonds. The Balaban J connectivity index is 1.68. The lowest BCUT2D eigenvalue weighted by molar-refractivity contribution is 0.0313. The normalized spacial score (nSPS) is 11.9. The van der Waals surface area contributed by atoms with E-state index in [2.05, 4.69) is 4.98 Å². The molecule has 0 unspecified atom stereocenters. The molecule has 25 heavy (non-hydrogen) atoms. The fourth-order valence-electron chi connectivity index (χ4n) is 2.42. The van der Waals surface area contributed by atoms with Crippen molar-refractivity contribution in [2.24, 2.45) is 0 Å². The van der Waals surface area contributed by atoms with Gasteiger partial charge in [0.2, 0.25) is 5.78 Å². The summed E-state index contributed by atoms with van der Waals surface area (Å²) in [4.78, 5) is 28.8. The molecule has 0 N–H and O–H groups in total. The Bertz CT molecular complexity index is 866. The van der Waals surface area contributed by atoms with Gasteiger partial charge < -0.3 is 13.9 Å². The van der Waals surface area contributed by atoms with E-state index >= 15 is 0 Å². The first-order valence-electron chi connectivity index (χ1n) is 8.00. The van der Waals surface area contributed by atoms with Gasteiger partial charge in [-0.15, -0.1) is 0 Å². The Hall–Kier alpha value is -3.15. The van der Waals surface area contributed by atoms with E-state index in [-0.39, 0.29) is 11.5 Å². The lowest BCUT2D eigenvalue weighted by Crippen LogP contribution is -2.24. The summed E-state index contributed by atoms with van der Waals surface area (Å²) in [6.45, 7) is 3.99. The van der Waals surface area contributed by atoms with E-state index < -0.39 is 12.1 Å². The summed E-state index contributed by atoms with van der Waals surface area (Å²) in [5.41, 5.74) is 1.26. The molecule has 0 radical (unpaired) electrons. The number of ether oxygens (including phenoxy) is 2. The Morgan fingerprint density at radius 2 is 1.92 bits per heavy atom. The molecular weight excluding hydrogens is 320 g/mol. The number of aromatic nitrogens is 2. The van der Waals surface area contributed by atoms with Gasteiger partial charge in [0, 0.05) is 18.0 Å². The number of rotatable bonds is 6. The number of carbonyl (C=O) groups is 2. The lowest BCUT2D eigenvalue weighted by atomic mass is 10.1. The van der Waals surface area contributed by atoms with E-state index in [1.165, 1.54) is 0 Å². The van der Waals surface area contributed by atoms with Crippen LogP contribution in [0.1, 0.15) is 34.7 Å². The quantitative estimate of drug-likeness (QED) is 0.510.